The van der Waals surface area contributed by atoms with Crippen LogP contribution in [-0.4, -0.2) is 0 Å². The van der Waals surface area contributed by atoms with Crippen molar-refractivity contribution < 1.29 is 4.74 Å². The summed E-state index contributed by atoms with van der Waals surface area (Å²) in [5, 5.41) is 0. The van der Waals surface area contributed by atoms with Crippen LogP contribution in [0, 0.1) is 5.92 Å². The Morgan fingerprint density at radius 1 is 0.955 bits per heavy atom. The average Bonchev–Trinajstić information content (AvgIpc) is 2.61. The third-order valence-corrected chi connectivity index (χ3v) is 4.65. The van der Waals surface area contributed by atoms with Gasteiger partial charge in [-0.05, 0) is 42.0 Å². The Bertz CT molecular complexity index is 575. The van der Waals surface area contributed by atoms with Crippen LogP contribution in [0.15, 0.2) is 54.6 Å². The second kappa shape index (κ2) is 7.46. The molecule has 2 aromatic rings. The van der Waals surface area contributed by atoms with Gasteiger partial charge in [-0.2, -0.15) is 0 Å². The van der Waals surface area contributed by atoms with E-state index in [4.69, 9.17) is 10.5 Å². The van der Waals surface area contributed by atoms with Gasteiger partial charge >= 0.3 is 0 Å². The molecule has 116 valence electrons. The first-order valence-corrected chi connectivity index (χ1v) is 8.35. The molecular formula is C20H25NO. The van der Waals surface area contributed by atoms with Gasteiger partial charge in [0.15, 0.2) is 0 Å². The predicted molar refractivity (Wildman–Crippen MR) is 90.7 cm³/mol. The second-order valence-electron chi connectivity index (χ2n) is 6.27. The molecule has 1 atom stereocenters. The summed E-state index contributed by atoms with van der Waals surface area (Å²) in [6, 6.07) is 18.7. The molecule has 22 heavy (non-hydrogen) atoms. The Morgan fingerprint density at radius 2 is 1.73 bits per heavy atom. The van der Waals surface area contributed by atoms with Gasteiger partial charge in [-0.25, -0.2) is 0 Å². The lowest BCUT2D eigenvalue weighted by Gasteiger charge is -2.28. The van der Waals surface area contributed by atoms with Crippen molar-refractivity contribution in [3.05, 3.63) is 65.7 Å². The van der Waals surface area contributed by atoms with Gasteiger partial charge in [0.05, 0.1) is 0 Å². The van der Waals surface area contributed by atoms with Crippen LogP contribution >= 0.6 is 0 Å². The van der Waals surface area contributed by atoms with Crippen LogP contribution in [0.4, 0.5) is 0 Å². The average molecular weight is 295 g/mol. The van der Waals surface area contributed by atoms with Gasteiger partial charge in [0.25, 0.3) is 0 Å². The topological polar surface area (TPSA) is 35.2 Å². The Labute approximate surface area is 133 Å². The van der Waals surface area contributed by atoms with E-state index in [0.717, 1.165) is 5.75 Å². The molecule has 1 fully saturated rings. The molecule has 1 aliphatic rings. The van der Waals surface area contributed by atoms with Gasteiger partial charge in [0.1, 0.15) is 12.4 Å². The van der Waals surface area contributed by atoms with E-state index in [-0.39, 0.29) is 6.04 Å². The molecule has 2 nitrogen and oxygen atoms in total. The first-order chi connectivity index (χ1) is 10.8. The van der Waals surface area contributed by atoms with Gasteiger partial charge in [-0.1, -0.05) is 61.7 Å². The molecule has 2 N–H and O–H groups in total. The molecule has 0 aromatic heterocycles. The minimum absolute atomic E-state index is 0.139. The first kappa shape index (κ1) is 15.1. The summed E-state index contributed by atoms with van der Waals surface area (Å²) >= 11 is 0. The summed E-state index contributed by atoms with van der Waals surface area (Å²) in [5.41, 5.74) is 8.88. The molecular weight excluding hydrogens is 270 g/mol. The molecule has 0 aliphatic heterocycles. The van der Waals surface area contributed by atoms with Crippen molar-refractivity contribution in [1.82, 2.24) is 0 Å². The van der Waals surface area contributed by atoms with E-state index in [2.05, 4.69) is 30.3 Å². The molecule has 0 heterocycles. The van der Waals surface area contributed by atoms with Crippen molar-refractivity contribution >= 4 is 0 Å². The Kier molecular flexibility index (Phi) is 5.12. The van der Waals surface area contributed by atoms with Gasteiger partial charge in [0, 0.05) is 6.04 Å². The summed E-state index contributed by atoms with van der Waals surface area (Å²) in [6.07, 6.45) is 6.53. The van der Waals surface area contributed by atoms with E-state index in [9.17, 15) is 0 Å². The fourth-order valence-electron chi connectivity index (χ4n) is 3.32. The molecule has 0 amide bonds. The SMILES string of the molecule is N[C@@H](c1cccc(OCc2ccccc2)c1)C1CCCCC1. The molecule has 0 bridgehead atoms. The Balaban J connectivity index is 1.64. The van der Waals surface area contributed by atoms with Crippen LogP contribution in [-0.2, 0) is 6.61 Å². The minimum atomic E-state index is 0.139. The van der Waals surface area contributed by atoms with E-state index in [1.165, 1.54) is 43.2 Å². The second-order valence-corrected chi connectivity index (χ2v) is 6.27. The maximum Gasteiger partial charge on any atom is 0.120 e. The van der Waals surface area contributed by atoms with E-state index < -0.39 is 0 Å². The largest absolute Gasteiger partial charge is 0.489 e. The fraction of sp³-hybridized carbons (Fsp3) is 0.400. The van der Waals surface area contributed by atoms with Crippen molar-refractivity contribution in [2.75, 3.05) is 0 Å². The van der Waals surface area contributed by atoms with Gasteiger partial charge in [0.2, 0.25) is 0 Å². The highest BCUT2D eigenvalue weighted by Gasteiger charge is 2.21. The van der Waals surface area contributed by atoms with Crippen molar-refractivity contribution in [3.63, 3.8) is 0 Å². The standard InChI is InChI=1S/C20H25NO/c21-20(17-10-5-2-6-11-17)18-12-7-13-19(14-18)22-15-16-8-3-1-4-9-16/h1,3-4,7-9,12-14,17,20H,2,5-6,10-11,15,21H2/t20-/m1/s1. The van der Waals surface area contributed by atoms with Gasteiger partial charge < -0.3 is 10.5 Å². The highest BCUT2D eigenvalue weighted by atomic mass is 16.5. The molecule has 2 aromatic carbocycles. The number of benzene rings is 2. The monoisotopic (exact) mass is 295 g/mol. The minimum Gasteiger partial charge on any atom is -0.489 e. The van der Waals surface area contributed by atoms with Crippen LogP contribution in [0.5, 0.6) is 5.75 Å². The molecule has 1 aliphatic carbocycles. The van der Waals surface area contributed by atoms with E-state index in [0.29, 0.717) is 12.5 Å². The van der Waals surface area contributed by atoms with E-state index in [1.54, 1.807) is 0 Å². The molecule has 1 saturated carbocycles. The number of hydrogen-bond acceptors (Lipinski definition) is 2. The Morgan fingerprint density at radius 3 is 2.50 bits per heavy atom. The summed E-state index contributed by atoms with van der Waals surface area (Å²) in [4.78, 5) is 0. The summed E-state index contributed by atoms with van der Waals surface area (Å²) < 4.78 is 5.91. The van der Waals surface area contributed by atoms with Crippen LogP contribution in [0.1, 0.15) is 49.3 Å². The van der Waals surface area contributed by atoms with Crippen molar-refractivity contribution in [2.24, 2.45) is 11.7 Å². The lowest BCUT2D eigenvalue weighted by molar-refractivity contribution is 0.298. The van der Waals surface area contributed by atoms with Crippen molar-refractivity contribution in [2.45, 2.75) is 44.8 Å². The molecule has 0 radical (unpaired) electrons. The van der Waals surface area contributed by atoms with Crippen molar-refractivity contribution in [3.8, 4) is 5.75 Å². The maximum absolute atomic E-state index is 6.49. The fourth-order valence-corrected chi connectivity index (χ4v) is 3.32. The zero-order chi connectivity index (χ0) is 15.2. The quantitative estimate of drug-likeness (QED) is 0.856. The molecule has 3 rings (SSSR count). The first-order valence-electron chi connectivity index (χ1n) is 8.35. The van der Waals surface area contributed by atoms with Crippen molar-refractivity contribution in [1.29, 1.82) is 0 Å². The van der Waals surface area contributed by atoms with E-state index in [1.807, 2.05) is 24.3 Å². The number of hydrogen-bond donors (Lipinski definition) is 1. The number of ether oxygens (including phenoxy) is 1. The highest BCUT2D eigenvalue weighted by Crippen LogP contribution is 2.33. The molecule has 0 saturated heterocycles. The molecule has 2 heteroatoms. The van der Waals surface area contributed by atoms with Gasteiger partial charge in [-0.3, -0.25) is 0 Å². The zero-order valence-electron chi connectivity index (χ0n) is 13.1. The highest BCUT2D eigenvalue weighted by molar-refractivity contribution is 5.31. The summed E-state index contributed by atoms with van der Waals surface area (Å²) in [6.45, 7) is 0.600. The van der Waals surface area contributed by atoms with Crippen LogP contribution in [0.25, 0.3) is 0 Å². The van der Waals surface area contributed by atoms with Crippen LogP contribution in [0.2, 0.25) is 0 Å². The molecule has 0 unspecified atom stereocenters. The lowest BCUT2D eigenvalue weighted by atomic mass is 9.81. The third-order valence-electron chi connectivity index (χ3n) is 4.65. The summed E-state index contributed by atoms with van der Waals surface area (Å²) in [5.74, 6) is 1.53. The van der Waals surface area contributed by atoms with Crippen LogP contribution in [0.3, 0.4) is 0 Å². The zero-order valence-corrected chi connectivity index (χ0v) is 13.1. The normalized spacial score (nSPS) is 17.1. The molecule has 0 spiro atoms. The number of rotatable bonds is 5. The Hall–Kier alpha value is -1.80. The third kappa shape index (κ3) is 3.89. The predicted octanol–water partition coefficient (Wildman–Crippen LogP) is 4.85. The van der Waals surface area contributed by atoms with Crippen LogP contribution < -0.4 is 10.5 Å². The maximum atomic E-state index is 6.49. The lowest BCUT2D eigenvalue weighted by Crippen LogP contribution is -2.23. The smallest absolute Gasteiger partial charge is 0.120 e. The number of nitrogens with two attached hydrogens (primary N) is 1. The van der Waals surface area contributed by atoms with E-state index >= 15 is 0 Å². The van der Waals surface area contributed by atoms with Gasteiger partial charge in [-0.15, -0.1) is 0 Å². The summed E-state index contributed by atoms with van der Waals surface area (Å²) in [7, 11) is 0.